The molecule has 0 bridgehead atoms. The minimum atomic E-state index is -0.191. The Morgan fingerprint density at radius 3 is 2.43 bits per heavy atom. The van der Waals surface area contributed by atoms with E-state index in [1.165, 1.54) is 19.3 Å². The van der Waals surface area contributed by atoms with Crippen LogP contribution in [0.25, 0.3) is 0 Å². The summed E-state index contributed by atoms with van der Waals surface area (Å²) in [7, 11) is 1.92. The highest BCUT2D eigenvalue weighted by Crippen LogP contribution is 2.23. The Hall–Kier alpha value is -1.10. The predicted octanol–water partition coefficient (Wildman–Crippen LogP) is -0.137. The molecule has 2 saturated carbocycles. The third kappa shape index (κ3) is 4.99. The SMILES string of the molecule is C[C@H](C(=O)N[C@H]1CCCC[C@@H]1C)[NH+](C)CC(=O)NC1CC1. The van der Waals surface area contributed by atoms with Gasteiger partial charge < -0.3 is 15.5 Å². The molecular formula is C16H30N3O2+. The molecule has 2 amide bonds. The summed E-state index contributed by atoms with van der Waals surface area (Å²) in [4.78, 5) is 25.1. The second kappa shape index (κ2) is 7.25. The molecule has 1 unspecified atom stereocenters. The minimum Gasteiger partial charge on any atom is -0.348 e. The van der Waals surface area contributed by atoms with Gasteiger partial charge in [-0.05, 0) is 38.5 Å². The molecular weight excluding hydrogens is 266 g/mol. The first-order valence-corrected chi connectivity index (χ1v) is 8.39. The van der Waals surface area contributed by atoms with E-state index < -0.39 is 0 Å². The third-order valence-corrected chi connectivity index (χ3v) is 4.95. The van der Waals surface area contributed by atoms with Gasteiger partial charge in [0, 0.05) is 12.1 Å². The van der Waals surface area contributed by atoms with Gasteiger partial charge in [0.2, 0.25) is 0 Å². The Bertz CT molecular complexity index is 382. The van der Waals surface area contributed by atoms with Gasteiger partial charge in [0.1, 0.15) is 0 Å². The number of amides is 2. The highest BCUT2D eigenvalue weighted by Gasteiger charge is 2.30. The van der Waals surface area contributed by atoms with Crippen LogP contribution in [0.1, 0.15) is 52.4 Å². The number of hydrogen-bond acceptors (Lipinski definition) is 2. The van der Waals surface area contributed by atoms with Crippen molar-refractivity contribution < 1.29 is 14.5 Å². The summed E-state index contributed by atoms with van der Waals surface area (Å²) in [5.74, 6) is 0.694. The molecule has 2 aliphatic carbocycles. The fraction of sp³-hybridized carbons (Fsp3) is 0.875. The zero-order valence-corrected chi connectivity index (χ0v) is 13.6. The van der Waals surface area contributed by atoms with Crippen molar-refractivity contribution in [2.24, 2.45) is 5.92 Å². The van der Waals surface area contributed by atoms with Gasteiger partial charge in [0.15, 0.2) is 12.6 Å². The van der Waals surface area contributed by atoms with Gasteiger partial charge in [-0.2, -0.15) is 0 Å². The Kier molecular flexibility index (Phi) is 5.62. The van der Waals surface area contributed by atoms with Crippen molar-refractivity contribution in [3.8, 4) is 0 Å². The summed E-state index contributed by atoms with van der Waals surface area (Å²) in [6.07, 6.45) is 6.96. The molecule has 0 aromatic carbocycles. The van der Waals surface area contributed by atoms with E-state index in [0.29, 0.717) is 24.5 Å². The number of likely N-dealkylation sites (N-methyl/N-ethyl adjacent to an activating group) is 1. The number of nitrogens with one attached hydrogen (secondary N) is 3. The van der Waals surface area contributed by atoms with Crippen LogP contribution < -0.4 is 15.5 Å². The lowest BCUT2D eigenvalue weighted by Gasteiger charge is -2.31. The zero-order chi connectivity index (χ0) is 15.4. The maximum absolute atomic E-state index is 12.4. The number of rotatable bonds is 6. The van der Waals surface area contributed by atoms with E-state index >= 15 is 0 Å². The Balaban J connectivity index is 1.75. The molecule has 21 heavy (non-hydrogen) atoms. The quantitative estimate of drug-likeness (QED) is 0.639. The molecule has 2 fully saturated rings. The first kappa shape index (κ1) is 16.3. The summed E-state index contributed by atoms with van der Waals surface area (Å²) in [6.45, 7) is 4.49. The molecule has 5 heteroatoms. The highest BCUT2D eigenvalue weighted by atomic mass is 16.2. The van der Waals surface area contributed by atoms with Crippen molar-refractivity contribution in [1.82, 2.24) is 10.6 Å². The first-order chi connectivity index (χ1) is 9.97. The molecule has 3 N–H and O–H groups in total. The van der Waals surface area contributed by atoms with Gasteiger partial charge in [-0.25, -0.2) is 0 Å². The van der Waals surface area contributed by atoms with Crippen molar-refractivity contribution in [2.45, 2.75) is 70.5 Å². The second-order valence-electron chi connectivity index (χ2n) is 6.96. The number of carbonyl (C=O) groups is 2. The average molecular weight is 296 g/mol. The van der Waals surface area contributed by atoms with E-state index in [9.17, 15) is 9.59 Å². The van der Waals surface area contributed by atoms with Crippen molar-refractivity contribution in [3.05, 3.63) is 0 Å². The van der Waals surface area contributed by atoms with Crippen LogP contribution in [0.5, 0.6) is 0 Å². The van der Waals surface area contributed by atoms with Gasteiger partial charge in [-0.1, -0.05) is 19.8 Å². The fourth-order valence-electron chi connectivity index (χ4n) is 2.97. The topological polar surface area (TPSA) is 62.6 Å². The lowest BCUT2D eigenvalue weighted by Crippen LogP contribution is -3.15. The summed E-state index contributed by atoms with van der Waals surface area (Å²) in [5, 5.41) is 6.16. The second-order valence-corrected chi connectivity index (χ2v) is 6.96. The Morgan fingerprint density at radius 2 is 1.81 bits per heavy atom. The molecule has 0 aromatic rings. The van der Waals surface area contributed by atoms with Crippen LogP contribution >= 0.6 is 0 Å². The number of carbonyl (C=O) groups excluding carboxylic acids is 2. The minimum absolute atomic E-state index is 0.0562. The summed E-state index contributed by atoms with van der Waals surface area (Å²) < 4.78 is 0. The maximum Gasteiger partial charge on any atom is 0.278 e. The van der Waals surface area contributed by atoms with Gasteiger partial charge in [0.25, 0.3) is 11.8 Å². The molecule has 120 valence electrons. The molecule has 0 spiro atoms. The van der Waals surface area contributed by atoms with Crippen molar-refractivity contribution in [2.75, 3.05) is 13.6 Å². The van der Waals surface area contributed by atoms with Crippen LogP contribution in [0, 0.1) is 5.92 Å². The van der Waals surface area contributed by atoms with Crippen LogP contribution in [0.2, 0.25) is 0 Å². The number of quaternary nitrogens is 1. The molecule has 4 atom stereocenters. The molecule has 5 nitrogen and oxygen atoms in total. The van der Waals surface area contributed by atoms with Crippen LogP contribution in [0.3, 0.4) is 0 Å². The van der Waals surface area contributed by atoms with Crippen LogP contribution in [0.15, 0.2) is 0 Å². The van der Waals surface area contributed by atoms with Crippen LogP contribution in [-0.2, 0) is 9.59 Å². The van der Waals surface area contributed by atoms with Gasteiger partial charge >= 0.3 is 0 Å². The molecule has 0 radical (unpaired) electrons. The smallest absolute Gasteiger partial charge is 0.278 e. The predicted molar refractivity (Wildman–Crippen MR) is 81.9 cm³/mol. The summed E-state index contributed by atoms with van der Waals surface area (Å²) in [6, 6.07) is 0.503. The van der Waals surface area contributed by atoms with E-state index in [-0.39, 0.29) is 17.9 Å². The van der Waals surface area contributed by atoms with Gasteiger partial charge in [-0.15, -0.1) is 0 Å². The Morgan fingerprint density at radius 1 is 1.14 bits per heavy atom. The lowest BCUT2D eigenvalue weighted by atomic mass is 9.86. The monoisotopic (exact) mass is 296 g/mol. The van der Waals surface area contributed by atoms with Crippen LogP contribution in [-0.4, -0.2) is 43.5 Å². The summed E-state index contributed by atoms with van der Waals surface area (Å²) in [5.41, 5.74) is 0. The zero-order valence-electron chi connectivity index (χ0n) is 13.6. The maximum atomic E-state index is 12.4. The van der Waals surface area contributed by atoms with Crippen molar-refractivity contribution in [1.29, 1.82) is 0 Å². The normalized spacial score (nSPS) is 28.5. The molecule has 2 aliphatic rings. The van der Waals surface area contributed by atoms with Gasteiger partial charge in [0.05, 0.1) is 7.05 Å². The third-order valence-electron chi connectivity index (χ3n) is 4.95. The molecule has 0 heterocycles. The molecule has 0 aliphatic heterocycles. The van der Waals surface area contributed by atoms with Crippen LogP contribution in [0.4, 0.5) is 0 Å². The van der Waals surface area contributed by atoms with E-state index in [1.807, 2.05) is 14.0 Å². The Labute approximate surface area is 127 Å². The lowest BCUT2D eigenvalue weighted by molar-refractivity contribution is -0.886. The molecule has 2 rings (SSSR count). The standard InChI is InChI=1S/C16H29N3O2/c1-11-6-4-5-7-14(11)18-16(21)12(2)19(3)10-15(20)17-13-8-9-13/h11-14H,4-10H2,1-3H3,(H,17,20)(H,18,21)/p+1/t11-,12+,14-/m0/s1. The first-order valence-electron chi connectivity index (χ1n) is 8.39. The summed E-state index contributed by atoms with van der Waals surface area (Å²) >= 11 is 0. The fourth-order valence-corrected chi connectivity index (χ4v) is 2.97. The van der Waals surface area contributed by atoms with E-state index in [1.54, 1.807) is 0 Å². The average Bonchev–Trinajstić information content (AvgIpc) is 3.24. The molecule has 0 saturated heterocycles. The van der Waals surface area contributed by atoms with Gasteiger partial charge in [-0.3, -0.25) is 9.59 Å². The van der Waals surface area contributed by atoms with E-state index in [2.05, 4.69) is 17.6 Å². The molecule has 0 aromatic heterocycles. The number of hydrogen-bond donors (Lipinski definition) is 3. The van der Waals surface area contributed by atoms with Crippen molar-refractivity contribution in [3.63, 3.8) is 0 Å². The van der Waals surface area contributed by atoms with E-state index in [4.69, 9.17) is 0 Å². The highest BCUT2D eigenvalue weighted by molar-refractivity contribution is 5.81. The van der Waals surface area contributed by atoms with Crippen molar-refractivity contribution >= 4 is 11.8 Å². The largest absolute Gasteiger partial charge is 0.348 e. The van der Waals surface area contributed by atoms with E-state index in [0.717, 1.165) is 24.2 Å².